The second kappa shape index (κ2) is 3.72. The van der Waals surface area contributed by atoms with E-state index < -0.39 is 0 Å². The van der Waals surface area contributed by atoms with Gasteiger partial charge in [-0.3, -0.25) is 4.98 Å². The van der Waals surface area contributed by atoms with E-state index in [9.17, 15) is 0 Å². The van der Waals surface area contributed by atoms with Gasteiger partial charge in [0.15, 0.2) is 0 Å². The molecule has 0 amide bonds. The van der Waals surface area contributed by atoms with E-state index in [4.69, 9.17) is 16.6 Å². The maximum Gasteiger partial charge on any atom is 0.0720 e. The van der Waals surface area contributed by atoms with Crippen LogP contribution in [-0.4, -0.2) is 11.5 Å². The molecule has 0 saturated heterocycles. The lowest BCUT2D eigenvalue weighted by molar-refractivity contribution is 0.633. The lowest BCUT2D eigenvalue weighted by Crippen LogP contribution is -2.25. The number of nitrogens with zero attached hydrogens (tertiary/aromatic N) is 1. The van der Waals surface area contributed by atoms with Crippen molar-refractivity contribution in [2.24, 2.45) is 0 Å². The third-order valence-corrected chi connectivity index (χ3v) is 3.53. The lowest BCUT2D eigenvalue weighted by Gasteiger charge is -2.18. The minimum absolute atomic E-state index is 0.838. The van der Waals surface area contributed by atoms with Crippen LogP contribution in [0, 0.1) is 6.92 Å². The van der Waals surface area contributed by atoms with Crippen LogP contribution in [-0.2, 0) is 13.0 Å². The van der Waals surface area contributed by atoms with Crippen LogP contribution in [0.25, 0.3) is 10.9 Å². The van der Waals surface area contributed by atoms with Crippen molar-refractivity contribution in [2.45, 2.75) is 19.9 Å². The van der Waals surface area contributed by atoms with Crippen molar-refractivity contribution in [1.82, 2.24) is 10.3 Å². The zero-order valence-electron chi connectivity index (χ0n) is 9.18. The fourth-order valence-electron chi connectivity index (χ4n) is 2.23. The van der Waals surface area contributed by atoms with Crippen LogP contribution in [0.1, 0.15) is 16.8 Å². The molecule has 0 aliphatic carbocycles. The van der Waals surface area contributed by atoms with Crippen molar-refractivity contribution in [1.29, 1.82) is 0 Å². The highest BCUT2D eigenvalue weighted by Gasteiger charge is 2.16. The lowest BCUT2D eigenvalue weighted by atomic mass is 10.0. The van der Waals surface area contributed by atoms with Gasteiger partial charge < -0.3 is 5.32 Å². The van der Waals surface area contributed by atoms with Gasteiger partial charge in [-0.25, -0.2) is 0 Å². The van der Waals surface area contributed by atoms with Crippen LogP contribution in [0.4, 0.5) is 0 Å². The van der Waals surface area contributed by atoms with Crippen LogP contribution in [0.3, 0.4) is 0 Å². The number of rotatable bonds is 0. The summed E-state index contributed by atoms with van der Waals surface area (Å²) in [7, 11) is 0. The fourth-order valence-corrected chi connectivity index (χ4v) is 2.56. The van der Waals surface area contributed by atoms with Gasteiger partial charge in [-0.1, -0.05) is 23.2 Å². The summed E-state index contributed by atoms with van der Waals surface area (Å²) in [6, 6.07) is 6.25. The third kappa shape index (κ3) is 1.49. The highest BCUT2D eigenvalue weighted by molar-refractivity contribution is 6.36. The molecule has 0 radical (unpaired) electrons. The second-order valence-electron chi connectivity index (χ2n) is 4.30. The van der Waals surface area contributed by atoms with E-state index in [1.165, 1.54) is 11.1 Å². The summed E-state index contributed by atoms with van der Waals surface area (Å²) in [6.45, 7) is 3.91. The second-order valence-corrected chi connectivity index (χ2v) is 4.68. The molecule has 0 unspecified atom stereocenters. The van der Waals surface area contributed by atoms with E-state index in [1.807, 2.05) is 0 Å². The topological polar surface area (TPSA) is 24.9 Å². The molecule has 0 fully saturated rings. The van der Waals surface area contributed by atoms with Crippen molar-refractivity contribution in [2.75, 3.05) is 6.54 Å². The molecule has 82 valence electrons. The van der Waals surface area contributed by atoms with Crippen molar-refractivity contribution in [3.63, 3.8) is 0 Å². The average molecular weight is 233 g/mol. The first-order chi connectivity index (χ1) is 7.75. The number of benzene rings is 1. The number of aryl methyl sites for hydroxylation is 1. The standard InChI is InChI=1S/C13H13ClN2/c1-8-2-3-11-9(6-8)13(14)10-7-15-5-4-12(10)16-11/h2-3,6,15H,4-5,7H2,1H3. The summed E-state index contributed by atoms with van der Waals surface area (Å²) in [6.07, 6.45) is 0.971. The van der Waals surface area contributed by atoms with E-state index in [2.05, 4.69) is 30.4 Å². The van der Waals surface area contributed by atoms with Gasteiger partial charge >= 0.3 is 0 Å². The van der Waals surface area contributed by atoms with Crippen molar-refractivity contribution in [3.05, 3.63) is 40.0 Å². The minimum Gasteiger partial charge on any atom is -0.312 e. The number of pyridine rings is 1. The zero-order chi connectivity index (χ0) is 11.1. The van der Waals surface area contributed by atoms with E-state index in [-0.39, 0.29) is 0 Å². The van der Waals surface area contributed by atoms with Crippen molar-refractivity contribution in [3.8, 4) is 0 Å². The SMILES string of the molecule is Cc1ccc2nc3c(c(Cl)c2c1)CNCC3. The smallest absolute Gasteiger partial charge is 0.0720 e. The van der Waals surface area contributed by atoms with Gasteiger partial charge in [-0.2, -0.15) is 0 Å². The Morgan fingerprint density at radius 2 is 2.25 bits per heavy atom. The third-order valence-electron chi connectivity index (χ3n) is 3.10. The van der Waals surface area contributed by atoms with Crippen LogP contribution in [0.15, 0.2) is 18.2 Å². The summed E-state index contributed by atoms with van der Waals surface area (Å²) in [4.78, 5) is 4.69. The molecule has 2 aromatic rings. The predicted molar refractivity (Wildman–Crippen MR) is 66.9 cm³/mol. The summed E-state index contributed by atoms with van der Waals surface area (Å²) in [5.74, 6) is 0. The molecule has 16 heavy (non-hydrogen) atoms. The van der Waals surface area contributed by atoms with Crippen molar-refractivity contribution < 1.29 is 0 Å². The molecule has 2 nitrogen and oxygen atoms in total. The monoisotopic (exact) mass is 232 g/mol. The Morgan fingerprint density at radius 1 is 1.38 bits per heavy atom. The molecule has 1 N–H and O–H groups in total. The predicted octanol–water partition coefficient (Wildman–Crippen LogP) is 2.84. The normalized spacial score (nSPS) is 15.1. The fraction of sp³-hybridized carbons (Fsp3) is 0.308. The summed E-state index contributed by atoms with van der Waals surface area (Å²) in [5.41, 5.74) is 4.56. The highest BCUT2D eigenvalue weighted by Crippen LogP contribution is 2.30. The first-order valence-electron chi connectivity index (χ1n) is 5.54. The number of hydrogen-bond acceptors (Lipinski definition) is 2. The number of aromatic nitrogens is 1. The van der Waals surface area contributed by atoms with Gasteiger partial charge in [0.1, 0.15) is 0 Å². The molecule has 0 bridgehead atoms. The van der Waals surface area contributed by atoms with Crippen molar-refractivity contribution >= 4 is 22.5 Å². The average Bonchev–Trinajstić information content (AvgIpc) is 2.31. The Labute approximate surface area is 99.6 Å². The number of nitrogens with one attached hydrogen (secondary N) is 1. The van der Waals surface area contributed by atoms with Gasteiger partial charge in [0.25, 0.3) is 0 Å². The number of hydrogen-bond donors (Lipinski definition) is 1. The molecule has 0 saturated carbocycles. The molecular formula is C13H13ClN2. The molecule has 3 rings (SSSR count). The van der Waals surface area contributed by atoms with Gasteiger partial charge in [0.05, 0.1) is 10.5 Å². The Morgan fingerprint density at radius 3 is 3.12 bits per heavy atom. The Hall–Kier alpha value is -1.12. The highest BCUT2D eigenvalue weighted by atomic mass is 35.5. The van der Waals surface area contributed by atoms with E-state index >= 15 is 0 Å². The van der Waals surface area contributed by atoms with Gasteiger partial charge in [0.2, 0.25) is 0 Å². The van der Waals surface area contributed by atoms with Crippen LogP contribution >= 0.6 is 11.6 Å². The first-order valence-corrected chi connectivity index (χ1v) is 5.92. The molecule has 0 spiro atoms. The number of halogens is 1. The van der Waals surface area contributed by atoms with E-state index in [0.717, 1.165) is 41.1 Å². The molecule has 3 heteroatoms. The van der Waals surface area contributed by atoms with Gasteiger partial charge in [-0.15, -0.1) is 0 Å². The van der Waals surface area contributed by atoms with Crippen LogP contribution < -0.4 is 5.32 Å². The van der Waals surface area contributed by atoms with Crippen LogP contribution in [0.2, 0.25) is 5.02 Å². The molecule has 2 heterocycles. The Kier molecular flexibility index (Phi) is 2.34. The molecular weight excluding hydrogens is 220 g/mol. The molecule has 1 aliphatic rings. The summed E-state index contributed by atoms with van der Waals surface area (Å²) >= 11 is 6.45. The van der Waals surface area contributed by atoms with E-state index in [1.54, 1.807) is 0 Å². The van der Waals surface area contributed by atoms with E-state index in [0.29, 0.717) is 0 Å². The Balaban J connectivity index is 2.35. The molecule has 1 aromatic heterocycles. The summed E-state index contributed by atoms with van der Waals surface area (Å²) < 4.78 is 0. The number of fused-ring (bicyclic) bond motifs is 2. The minimum atomic E-state index is 0.838. The first kappa shape index (κ1) is 10.1. The Bertz CT molecular complexity index is 563. The van der Waals surface area contributed by atoms with Gasteiger partial charge in [0, 0.05) is 36.2 Å². The van der Waals surface area contributed by atoms with Gasteiger partial charge in [-0.05, 0) is 19.1 Å². The maximum absolute atomic E-state index is 6.45. The largest absolute Gasteiger partial charge is 0.312 e. The summed E-state index contributed by atoms with van der Waals surface area (Å²) in [5, 5.41) is 5.28. The molecule has 1 aromatic carbocycles. The molecule has 1 aliphatic heterocycles. The quantitative estimate of drug-likeness (QED) is 0.756. The van der Waals surface area contributed by atoms with Crippen LogP contribution in [0.5, 0.6) is 0 Å². The zero-order valence-corrected chi connectivity index (χ0v) is 9.93. The maximum atomic E-state index is 6.45. The molecule has 0 atom stereocenters.